The Bertz CT molecular complexity index is 928. The molecular weight excluding hydrogens is 598 g/mol. The van der Waals surface area contributed by atoms with Gasteiger partial charge in [-0.25, -0.2) is 4.79 Å². The molecule has 1 aromatic carbocycles. The van der Waals surface area contributed by atoms with E-state index in [2.05, 4.69) is 31.1 Å². The van der Waals surface area contributed by atoms with E-state index in [0.29, 0.717) is 24.8 Å². The zero-order chi connectivity index (χ0) is 35.6. The van der Waals surface area contributed by atoms with Crippen LogP contribution in [0.4, 0.5) is 26.3 Å². The summed E-state index contributed by atoms with van der Waals surface area (Å²) in [5.41, 5.74) is 1.26. The van der Waals surface area contributed by atoms with Gasteiger partial charge in [0.1, 0.15) is 6.04 Å². The molecule has 45 heavy (non-hydrogen) atoms. The number of hydrogen-bond donors (Lipinski definition) is 2. The average molecular weight is 655 g/mol. The maximum Gasteiger partial charge on any atom is 0.395 e. The van der Waals surface area contributed by atoms with E-state index in [1.54, 1.807) is 6.92 Å². The zero-order valence-electron chi connectivity index (χ0n) is 28.5. The highest BCUT2D eigenvalue weighted by Crippen LogP contribution is 2.32. The number of esters is 1. The first-order chi connectivity index (χ1) is 21.1. The van der Waals surface area contributed by atoms with Crippen LogP contribution in [0.3, 0.4) is 0 Å². The molecule has 1 unspecified atom stereocenters. The third kappa shape index (κ3) is 24.1. The molecule has 262 valence electrons. The zero-order valence-corrected chi connectivity index (χ0v) is 28.5. The van der Waals surface area contributed by atoms with Crippen molar-refractivity contribution in [1.82, 2.24) is 10.6 Å². The van der Waals surface area contributed by atoms with E-state index in [1.165, 1.54) is 25.7 Å². The molecule has 4 atom stereocenters. The minimum atomic E-state index is -4.33. The van der Waals surface area contributed by atoms with Gasteiger partial charge >= 0.3 is 18.3 Å². The number of carbonyl (C=O) groups is 2. The second-order valence-corrected chi connectivity index (χ2v) is 9.97. The summed E-state index contributed by atoms with van der Waals surface area (Å²) in [5.74, 6) is -2.40. The van der Waals surface area contributed by atoms with Crippen LogP contribution in [0.2, 0.25) is 0 Å². The van der Waals surface area contributed by atoms with Crippen molar-refractivity contribution in [3.63, 3.8) is 0 Å². The van der Waals surface area contributed by atoms with Gasteiger partial charge in [-0.05, 0) is 44.6 Å². The largest absolute Gasteiger partial charge is 0.468 e. The average Bonchev–Trinajstić information content (AvgIpc) is 3.47. The second-order valence-electron chi connectivity index (χ2n) is 9.97. The molecule has 1 saturated carbocycles. The van der Waals surface area contributed by atoms with E-state index in [4.69, 9.17) is 4.74 Å². The van der Waals surface area contributed by atoms with E-state index in [-0.39, 0.29) is 44.2 Å². The van der Waals surface area contributed by atoms with E-state index >= 15 is 0 Å². The Morgan fingerprint density at radius 2 is 1.53 bits per heavy atom. The molecule has 1 amide bonds. The Hall–Kier alpha value is -2.82. The lowest BCUT2D eigenvalue weighted by atomic mass is 9.99. The highest BCUT2D eigenvalue weighted by molar-refractivity contribution is 5.79. The summed E-state index contributed by atoms with van der Waals surface area (Å²) in [4.78, 5) is 24.9. The van der Waals surface area contributed by atoms with Crippen molar-refractivity contribution in [2.24, 2.45) is 11.8 Å². The third-order valence-corrected chi connectivity index (χ3v) is 5.90. The van der Waals surface area contributed by atoms with Gasteiger partial charge in [-0.3, -0.25) is 10.1 Å². The highest BCUT2D eigenvalue weighted by atomic mass is 19.4. The maximum absolute atomic E-state index is 13.2. The van der Waals surface area contributed by atoms with Crippen molar-refractivity contribution in [3.8, 4) is 0 Å². The first-order valence-electron chi connectivity index (χ1n) is 15.6. The monoisotopic (exact) mass is 654 g/mol. The standard InChI is InChI=1S/C25H33F3N2O3.C3H8.C2H3F3.2C2H6/c1-4-5-11-20(25(26,27)28)14-17(2)16-29-23(31)19-12-13-21(15-19)30-22(24(32)33-3)18-9-7-6-8-10-18;1-3-2;1-2(3,4)5;2*1-2/h4,6-10,14,19-22,30H,1,5,11-13,15-16H2,2-3H3,(H,29,31);3H2,1-2H3;1H3;2*1-2H3/b17-14+;;;;/t19-,20?,21+,22-;;;;/m0..../s1. The normalized spacial score (nSPS) is 17.2. The first-order valence-corrected chi connectivity index (χ1v) is 15.6. The predicted molar refractivity (Wildman–Crippen MR) is 172 cm³/mol. The number of allylic oxidation sites excluding steroid dienone is 2. The molecule has 1 aliphatic carbocycles. The number of amides is 1. The Morgan fingerprint density at radius 3 is 1.98 bits per heavy atom. The number of ether oxygens (including phenoxy) is 1. The van der Waals surface area contributed by atoms with Crippen LogP contribution in [0, 0.1) is 11.8 Å². The van der Waals surface area contributed by atoms with E-state index in [1.807, 2.05) is 58.0 Å². The molecule has 0 aliphatic heterocycles. The van der Waals surface area contributed by atoms with Crippen LogP contribution in [-0.2, 0) is 14.3 Å². The minimum Gasteiger partial charge on any atom is -0.468 e. The Kier molecular flexibility index (Phi) is 27.3. The Morgan fingerprint density at radius 1 is 1.02 bits per heavy atom. The van der Waals surface area contributed by atoms with Gasteiger partial charge in [0.2, 0.25) is 5.91 Å². The summed E-state index contributed by atoms with van der Waals surface area (Å²) in [6.07, 6.45) is -2.32. The van der Waals surface area contributed by atoms with Crippen molar-refractivity contribution in [3.05, 3.63) is 60.2 Å². The third-order valence-electron chi connectivity index (χ3n) is 5.90. The number of rotatable bonds is 11. The molecule has 1 aliphatic rings. The van der Waals surface area contributed by atoms with Crippen molar-refractivity contribution >= 4 is 11.9 Å². The van der Waals surface area contributed by atoms with Gasteiger partial charge in [-0.15, -0.1) is 6.58 Å². The van der Waals surface area contributed by atoms with Crippen molar-refractivity contribution < 1.29 is 40.7 Å². The molecule has 0 spiro atoms. The van der Waals surface area contributed by atoms with Crippen LogP contribution < -0.4 is 10.6 Å². The predicted octanol–water partition coefficient (Wildman–Crippen LogP) is 9.90. The lowest BCUT2D eigenvalue weighted by molar-refractivity contribution is -0.162. The summed E-state index contributed by atoms with van der Waals surface area (Å²) in [6, 6.07) is 8.56. The molecule has 2 N–H and O–H groups in total. The number of nitrogens with one attached hydrogen (secondary N) is 2. The molecule has 0 bridgehead atoms. The summed E-state index contributed by atoms with van der Waals surface area (Å²) in [6.45, 7) is 17.6. The molecule has 0 saturated heterocycles. The molecule has 1 fully saturated rings. The second kappa shape index (κ2) is 26.4. The summed E-state index contributed by atoms with van der Waals surface area (Å²) >= 11 is 0. The van der Waals surface area contributed by atoms with Crippen LogP contribution in [0.5, 0.6) is 0 Å². The fourth-order valence-electron chi connectivity index (χ4n) is 4.08. The van der Waals surface area contributed by atoms with Crippen LogP contribution >= 0.6 is 0 Å². The van der Waals surface area contributed by atoms with Crippen LogP contribution in [-0.4, -0.2) is 43.9 Å². The number of hydrogen-bond acceptors (Lipinski definition) is 4. The van der Waals surface area contributed by atoms with Gasteiger partial charge in [0.05, 0.1) is 13.0 Å². The molecule has 0 heterocycles. The topological polar surface area (TPSA) is 67.4 Å². The number of alkyl halides is 6. The SMILES string of the molecule is C=CCCC(/C=C(\C)CNC(=O)[C@H]1CC[C@@H](N[C@H](C(=O)OC)c2ccccc2)C1)C(F)(F)F.CC.CC.CC(F)(F)F.CCC. The lowest BCUT2D eigenvalue weighted by Gasteiger charge is -2.21. The summed E-state index contributed by atoms with van der Waals surface area (Å²) in [5, 5.41) is 6.06. The molecule has 0 radical (unpaired) electrons. The molecule has 1 aromatic rings. The summed E-state index contributed by atoms with van der Waals surface area (Å²) < 4.78 is 75.6. The fourth-order valence-corrected chi connectivity index (χ4v) is 4.08. The highest BCUT2D eigenvalue weighted by Gasteiger charge is 2.37. The number of carbonyl (C=O) groups excluding carboxylic acids is 2. The number of benzene rings is 1. The van der Waals surface area contributed by atoms with Gasteiger partial charge in [0, 0.05) is 25.4 Å². The number of methoxy groups -OCH3 is 1. The van der Waals surface area contributed by atoms with E-state index < -0.39 is 30.3 Å². The molecule has 0 aromatic heterocycles. The smallest absolute Gasteiger partial charge is 0.395 e. The molecule has 5 nitrogen and oxygen atoms in total. The Labute approximate surface area is 267 Å². The van der Waals surface area contributed by atoms with Crippen LogP contribution in [0.25, 0.3) is 0 Å². The van der Waals surface area contributed by atoms with Gasteiger partial charge in [-0.2, -0.15) is 26.3 Å². The molecular formula is C34H56F6N2O3. The maximum atomic E-state index is 13.2. The quantitative estimate of drug-likeness (QED) is 0.142. The van der Waals surface area contributed by atoms with Gasteiger partial charge in [0.15, 0.2) is 0 Å². The van der Waals surface area contributed by atoms with Crippen LogP contribution in [0.15, 0.2) is 54.6 Å². The van der Waals surface area contributed by atoms with Crippen molar-refractivity contribution in [2.45, 2.75) is 118 Å². The lowest BCUT2D eigenvalue weighted by Crippen LogP contribution is -2.37. The first kappa shape index (κ1) is 46.6. The Balaban J connectivity index is -0.00000127. The molecule has 2 rings (SSSR count). The summed E-state index contributed by atoms with van der Waals surface area (Å²) in [7, 11) is 1.33. The van der Waals surface area contributed by atoms with Crippen molar-refractivity contribution in [2.75, 3.05) is 13.7 Å². The van der Waals surface area contributed by atoms with Gasteiger partial charge in [0.25, 0.3) is 0 Å². The van der Waals surface area contributed by atoms with Crippen molar-refractivity contribution in [1.29, 1.82) is 0 Å². The minimum absolute atomic E-state index is 0.0461. The van der Waals surface area contributed by atoms with Gasteiger partial charge in [-0.1, -0.05) is 96.0 Å². The van der Waals surface area contributed by atoms with E-state index in [0.717, 1.165) is 5.56 Å². The molecule has 11 heteroatoms. The van der Waals surface area contributed by atoms with Crippen LogP contribution in [0.1, 0.15) is 106 Å². The number of halogens is 6. The van der Waals surface area contributed by atoms with E-state index in [9.17, 15) is 35.9 Å². The fraction of sp³-hybridized carbons (Fsp3) is 0.647. The van der Waals surface area contributed by atoms with Gasteiger partial charge < -0.3 is 10.1 Å².